The SMILES string of the molecule is COc1cccc(-c2ccc3n(c2=O)C[C@@H]2[C@@H](CO)[C@H](C(=O)NCCN4CCCCC4)N(C)[C@H]32)c1. The van der Waals surface area contributed by atoms with Gasteiger partial charge in [0, 0.05) is 49.3 Å². The molecule has 3 aliphatic heterocycles. The van der Waals surface area contributed by atoms with E-state index in [9.17, 15) is 14.7 Å². The van der Waals surface area contributed by atoms with Crippen LogP contribution in [0.2, 0.25) is 0 Å². The van der Waals surface area contributed by atoms with Crippen LogP contribution in [0.3, 0.4) is 0 Å². The van der Waals surface area contributed by atoms with Crippen molar-refractivity contribution in [1.82, 2.24) is 19.7 Å². The summed E-state index contributed by atoms with van der Waals surface area (Å²) in [6.07, 6.45) is 3.75. The van der Waals surface area contributed by atoms with E-state index >= 15 is 0 Å². The van der Waals surface area contributed by atoms with Gasteiger partial charge in [0.2, 0.25) is 5.91 Å². The van der Waals surface area contributed by atoms with Crippen molar-refractivity contribution < 1.29 is 14.6 Å². The number of aliphatic hydroxyl groups excluding tert-OH is 1. The van der Waals surface area contributed by atoms with Gasteiger partial charge in [-0.25, -0.2) is 0 Å². The van der Waals surface area contributed by atoms with Crippen molar-refractivity contribution in [2.24, 2.45) is 11.8 Å². The van der Waals surface area contributed by atoms with Crippen molar-refractivity contribution in [3.05, 3.63) is 52.4 Å². The second-order valence-electron chi connectivity index (χ2n) is 10.1. The first-order valence-corrected chi connectivity index (χ1v) is 12.7. The maximum atomic E-state index is 13.5. The maximum absolute atomic E-state index is 13.5. The van der Waals surface area contributed by atoms with Crippen molar-refractivity contribution in [3.63, 3.8) is 0 Å². The van der Waals surface area contributed by atoms with E-state index in [4.69, 9.17) is 4.74 Å². The average molecular weight is 481 g/mol. The number of nitrogens with one attached hydrogen (secondary N) is 1. The van der Waals surface area contributed by atoms with Gasteiger partial charge in [0.25, 0.3) is 5.56 Å². The number of methoxy groups -OCH3 is 1. The van der Waals surface area contributed by atoms with Gasteiger partial charge in [-0.05, 0) is 62.8 Å². The van der Waals surface area contributed by atoms with Gasteiger partial charge in [-0.15, -0.1) is 0 Å². The number of piperidine rings is 1. The molecule has 8 heteroatoms. The predicted octanol–water partition coefficient (Wildman–Crippen LogP) is 1.72. The number of rotatable bonds is 7. The number of ether oxygens (including phenoxy) is 1. The zero-order valence-corrected chi connectivity index (χ0v) is 20.7. The van der Waals surface area contributed by atoms with E-state index in [1.54, 1.807) is 7.11 Å². The summed E-state index contributed by atoms with van der Waals surface area (Å²) >= 11 is 0. The number of nitrogens with zero attached hydrogens (tertiary/aromatic N) is 3. The van der Waals surface area contributed by atoms with Crippen molar-refractivity contribution in [3.8, 4) is 16.9 Å². The van der Waals surface area contributed by atoms with Crippen LogP contribution in [0.4, 0.5) is 0 Å². The van der Waals surface area contributed by atoms with Gasteiger partial charge in [0.1, 0.15) is 5.75 Å². The van der Waals surface area contributed by atoms with Crippen LogP contribution in [0.5, 0.6) is 5.75 Å². The highest BCUT2D eigenvalue weighted by Crippen LogP contribution is 2.48. The third kappa shape index (κ3) is 4.39. The van der Waals surface area contributed by atoms with Crippen LogP contribution < -0.4 is 15.6 Å². The van der Waals surface area contributed by atoms with Crippen LogP contribution in [0.25, 0.3) is 11.1 Å². The van der Waals surface area contributed by atoms with Crippen molar-refractivity contribution in [2.45, 2.75) is 37.9 Å². The molecule has 35 heavy (non-hydrogen) atoms. The van der Waals surface area contributed by atoms with Gasteiger partial charge >= 0.3 is 0 Å². The summed E-state index contributed by atoms with van der Waals surface area (Å²) in [6, 6.07) is 10.9. The molecule has 1 aromatic heterocycles. The molecule has 0 saturated carbocycles. The van der Waals surface area contributed by atoms with Crippen molar-refractivity contribution in [2.75, 3.05) is 46.9 Å². The molecule has 3 aliphatic rings. The van der Waals surface area contributed by atoms with E-state index in [0.29, 0.717) is 24.4 Å². The number of likely N-dealkylation sites (tertiary alicyclic amines) is 2. The highest BCUT2D eigenvalue weighted by molar-refractivity contribution is 5.82. The average Bonchev–Trinajstić information content (AvgIpc) is 3.40. The fourth-order valence-corrected chi connectivity index (χ4v) is 6.41. The lowest BCUT2D eigenvalue weighted by molar-refractivity contribution is -0.127. The number of aliphatic hydroxyl groups is 1. The van der Waals surface area contributed by atoms with Crippen LogP contribution in [0, 0.1) is 11.8 Å². The lowest BCUT2D eigenvalue weighted by Crippen LogP contribution is -2.48. The third-order valence-electron chi connectivity index (χ3n) is 8.18. The molecule has 2 saturated heterocycles. The van der Waals surface area contributed by atoms with Gasteiger partial charge in [0.05, 0.1) is 19.2 Å². The third-order valence-corrected chi connectivity index (χ3v) is 8.18. The van der Waals surface area contributed by atoms with Gasteiger partial charge in [-0.1, -0.05) is 18.6 Å². The second kappa shape index (κ2) is 10.1. The number of hydrogen-bond acceptors (Lipinski definition) is 6. The summed E-state index contributed by atoms with van der Waals surface area (Å²) in [5.41, 5.74) is 2.32. The molecule has 4 atom stereocenters. The normalized spacial score (nSPS) is 26.4. The fraction of sp³-hybridized carbons (Fsp3) is 0.556. The lowest BCUT2D eigenvalue weighted by Gasteiger charge is -2.29. The summed E-state index contributed by atoms with van der Waals surface area (Å²) in [6.45, 7) is 4.11. The molecule has 188 valence electrons. The van der Waals surface area contributed by atoms with E-state index in [1.165, 1.54) is 19.3 Å². The Kier molecular flexibility index (Phi) is 6.95. The van der Waals surface area contributed by atoms with Gasteiger partial charge in [-0.2, -0.15) is 0 Å². The molecule has 1 amide bonds. The first-order chi connectivity index (χ1) is 17.0. The molecule has 5 rings (SSSR count). The Bertz CT molecular complexity index is 1130. The number of carbonyl (C=O) groups is 1. The minimum atomic E-state index is -0.404. The molecule has 0 spiro atoms. The van der Waals surface area contributed by atoms with Crippen LogP contribution in [-0.4, -0.2) is 78.4 Å². The second-order valence-corrected chi connectivity index (χ2v) is 10.1. The fourth-order valence-electron chi connectivity index (χ4n) is 6.41. The van der Waals surface area contributed by atoms with Crippen molar-refractivity contribution in [1.29, 1.82) is 0 Å². The molecule has 2 fully saturated rings. The minimum absolute atomic E-state index is 0.0103. The molecule has 1 aromatic carbocycles. The van der Waals surface area contributed by atoms with E-state index in [-0.39, 0.29) is 36.0 Å². The Morgan fingerprint density at radius 2 is 1.97 bits per heavy atom. The zero-order chi connectivity index (χ0) is 24.5. The number of fused-ring (bicyclic) bond motifs is 3. The molecule has 0 unspecified atom stereocenters. The van der Waals surface area contributed by atoms with Crippen LogP contribution in [0.1, 0.15) is 31.0 Å². The van der Waals surface area contributed by atoms with Crippen molar-refractivity contribution >= 4 is 5.91 Å². The zero-order valence-electron chi connectivity index (χ0n) is 20.7. The molecule has 2 aromatic rings. The molecule has 0 aliphatic carbocycles. The molecule has 0 bridgehead atoms. The number of pyridine rings is 1. The summed E-state index contributed by atoms with van der Waals surface area (Å²) in [7, 11) is 3.55. The Balaban J connectivity index is 1.34. The largest absolute Gasteiger partial charge is 0.497 e. The Labute approximate surface area is 206 Å². The highest BCUT2D eigenvalue weighted by atomic mass is 16.5. The maximum Gasteiger partial charge on any atom is 0.258 e. The number of carbonyl (C=O) groups excluding carboxylic acids is 1. The van der Waals surface area contributed by atoms with E-state index in [0.717, 1.165) is 30.9 Å². The lowest BCUT2D eigenvalue weighted by atomic mass is 9.88. The number of amides is 1. The first-order valence-electron chi connectivity index (χ1n) is 12.7. The Hall–Kier alpha value is -2.68. The highest BCUT2D eigenvalue weighted by Gasteiger charge is 2.54. The number of hydrogen-bond donors (Lipinski definition) is 2. The van der Waals surface area contributed by atoms with E-state index in [1.807, 2.05) is 48.0 Å². The summed E-state index contributed by atoms with van der Waals surface area (Å²) in [5, 5.41) is 13.4. The summed E-state index contributed by atoms with van der Waals surface area (Å²) < 4.78 is 7.15. The Morgan fingerprint density at radius 1 is 1.17 bits per heavy atom. The van der Waals surface area contributed by atoms with Crippen LogP contribution >= 0.6 is 0 Å². The van der Waals surface area contributed by atoms with Crippen LogP contribution in [0.15, 0.2) is 41.2 Å². The molecular weight excluding hydrogens is 444 g/mol. The summed E-state index contributed by atoms with van der Waals surface area (Å²) in [5.74, 6) is 0.467. The standard InChI is InChI=1S/C27H36N4O4/c1-29-24-21(22(17-32)25(29)26(33)28-11-14-30-12-4-3-5-13-30)16-31-23(24)10-9-20(27(31)34)18-7-6-8-19(15-18)35-2/h6-10,15,21-22,24-25,32H,3-5,11-14,16-17H2,1-2H3,(H,28,33)/t21-,22-,24+,25-/m1/s1. The molecule has 0 radical (unpaired) electrons. The number of aromatic nitrogens is 1. The first kappa shape index (κ1) is 24.0. The molecule has 8 nitrogen and oxygen atoms in total. The van der Waals surface area contributed by atoms with Gasteiger partial charge < -0.3 is 24.6 Å². The Morgan fingerprint density at radius 3 is 2.71 bits per heavy atom. The quantitative estimate of drug-likeness (QED) is 0.628. The number of benzene rings is 1. The van der Waals surface area contributed by atoms with E-state index < -0.39 is 6.04 Å². The van der Waals surface area contributed by atoms with Crippen LogP contribution in [-0.2, 0) is 11.3 Å². The smallest absolute Gasteiger partial charge is 0.258 e. The van der Waals surface area contributed by atoms with Gasteiger partial charge in [0.15, 0.2) is 0 Å². The molecule has 4 heterocycles. The predicted molar refractivity (Wildman–Crippen MR) is 134 cm³/mol. The van der Waals surface area contributed by atoms with Gasteiger partial charge in [-0.3, -0.25) is 14.5 Å². The minimum Gasteiger partial charge on any atom is -0.497 e. The topological polar surface area (TPSA) is 87.0 Å². The molecule has 2 N–H and O–H groups in total. The number of likely N-dealkylation sites (N-methyl/N-ethyl adjacent to an activating group) is 1. The van der Waals surface area contributed by atoms with E-state index in [2.05, 4.69) is 15.1 Å². The summed E-state index contributed by atoms with van der Waals surface area (Å²) in [4.78, 5) is 31.1. The molecular formula is C27H36N4O4. The monoisotopic (exact) mass is 480 g/mol.